The predicted molar refractivity (Wildman–Crippen MR) is 77.4 cm³/mol. The van der Waals surface area contributed by atoms with Crippen LogP contribution in [0.4, 0.5) is 8.78 Å². The van der Waals surface area contributed by atoms with Crippen molar-refractivity contribution in [3.63, 3.8) is 0 Å². The second-order valence-corrected chi connectivity index (χ2v) is 5.38. The molecule has 108 valence electrons. The number of rotatable bonds is 6. The Bertz CT molecular complexity index is 571. The SMILES string of the molecule is CCCNC(c1cc(OC)cs1)c1ccc(F)cc1F. The largest absolute Gasteiger partial charge is 0.496 e. The fourth-order valence-corrected chi connectivity index (χ4v) is 2.93. The van der Waals surface area contributed by atoms with Crippen molar-refractivity contribution in [2.45, 2.75) is 19.4 Å². The van der Waals surface area contributed by atoms with Crippen LogP contribution < -0.4 is 10.1 Å². The maximum absolute atomic E-state index is 14.0. The summed E-state index contributed by atoms with van der Waals surface area (Å²) in [7, 11) is 1.60. The summed E-state index contributed by atoms with van der Waals surface area (Å²) >= 11 is 1.49. The summed E-state index contributed by atoms with van der Waals surface area (Å²) in [4.78, 5) is 0.945. The van der Waals surface area contributed by atoms with Crippen molar-refractivity contribution < 1.29 is 13.5 Å². The molecule has 1 aromatic heterocycles. The molecule has 0 aliphatic carbocycles. The summed E-state index contributed by atoms with van der Waals surface area (Å²) in [6, 6.07) is 5.28. The van der Waals surface area contributed by atoms with Crippen molar-refractivity contribution in [1.29, 1.82) is 0 Å². The molecule has 0 spiro atoms. The fourth-order valence-electron chi connectivity index (χ4n) is 1.98. The first-order valence-corrected chi connectivity index (χ1v) is 7.34. The maximum atomic E-state index is 14.0. The number of benzene rings is 1. The first-order chi connectivity index (χ1) is 9.65. The molecule has 0 aliphatic heterocycles. The third kappa shape index (κ3) is 3.35. The van der Waals surface area contributed by atoms with Gasteiger partial charge in [-0.2, -0.15) is 0 Å². The van der Waals surface area contributed by atoms with Crippen LogP contribution in [0.3, 0.4) is 0 Å². The highest BCUT2D eigenvalue weighted by molar-refractivity contribution is 7.10. The van der Waals surface area contributed by atoms with E-state index in [1.807, 2.05) is 18.4 Å². The van der Waals surface area contributed by atoms with Crippen LogP contribution in [0.25, 0.3) is 0 Å². The van der Waals surface area contributed by atoms with Crippen molar-refractivity contribution in [2.24, 2.45) is 0 Å². The molecule has 20 heavy (non-hydrogen) atoms. The monoisotopic (exact) mass is 297 g/mol. The molecule has 0 saturated carbocycles. The van der Waals surface area contributed by atoms with Crippen molar-refractivity contribution in [1.82, 2.24) is 5.32 Å². The van der Waals surface area contributed by atoms with Crippen molar-refractivity contribution >= 4 is 11.3 Å². The van der Waals surface area contributed by atoms with Crippen molar-refractivity contribution in [2.75, 3.05) is 13.7 Å². The first-order valence-electron chi connectivity index (χ1n) is 6.46. The van der Waals surface area contributed by atoms with Gasteiger partial charge in [-0.05, 0) is 25.1 Å². The fraction of sp³-hybridized carbons (Fsp3) is 0.333. The summed E-state index contributed by atoms with van der Waals surface area (Å²) in [6.45, 7) is 2.79. The molecule has 0 aliphatic rings. The molecule has 0 radical (unpaired) electrons. The van der Waals surface area contributed by atoms with Gasteiger partial charge in [-0.3, -0.25) is 0 Å². The van der Waals surface area contributed by atoms with E-state index in [9.17, 15) is 8.78 Å². The summed E-state index contributed by atoms with van der Waals surface area (Å²) in [5.74, 6) is -0.356. The van der Waals surface area contributed by atoms with Gasteiger partial charge in [-0.25, -0.2) is 8.78 Å². The van der Waals surface area contributed by atoms with E-state index in [1.165, 1.54) is 23.5 Å². The van der Waals surface area contributed by atoms with Gasteiger partial charge in [0.15, 0.2) is 0 Å². The Balaban J connectivity index is 2.35. The summed E-state index contributed by atoms with van der Waals surface area (Å²) in [6.07, 6.45) is 0.932. The topological polar surface area (TPSA) is 21.3 Å². The second-order valence-electron chi connectivity index (χ2n) is 4.44. The number of nitrogens with one attached hydrogen (secondary N) is 1. The molecule has 5 heteroatoms. The van der Waals surface area contributed by atoms with Crippen LogP contribution in [0.15, 0.2) is 29.6 Å². The molecule has 0 fully saturated rings. The Hall–Kier alpha value is -1.46. The van der Waals surface area contributed by atoms with Crippen molar-refractivity contribution in [3.8, 4) is 5.75 Å². The highest BCUT2D eigenvalue weighted by Crippen LogP contribution is 2.32. The van der Waals surface area contributed by atoms with Crippen LogP contribution >= 0.6 is 11.3 Å². The van der Waals surface area contributed by atoms with Gasteiger partial charge in [0.05, 0.1) is 13.2 Å². The molecular formula is C15H17F2NOS. The molecule has 0 bridgehead atoms. The van der Waals surface area contributed by atoms with E-state index in [4.69, 9.17) is 4.74 Å². The average Bonchev–Trinajstić information content (AvgIpc) is 2.90. The number of ether oxygens (including phenoxy) is 1. The van der Waals surface area contributed by atoms with Gasteiger partial charge in [-0.15, -0.1) is 11.3 Å². The van der Waals surface area contributed by atoms with Gasteiger partial charge in [-0.1, -0.05) is 13.0 Å². The van der Waals surface area contributed by atoms with Gasteiger partial charge in [0.25, 0.3) is 0 Å². The zero-order valence-corrected chi connectivity index (χ0v) is 12.3. The van der Waals surface area contributed by atoms with Crippen molar-refractivity contribution in [3.05, 3.63) is 51.7 Å². The van der Waals surface area contributed by atoms with Crippen LogP contribution in [-0.2, 0) is 0 Å². The van der Waals surface area contributed by atoms with Gasteiger partial charge in [0.2, 0.25) is 0 Å². The summed E-state index contributed by atoms with van der Waals surface area (Å²) < 4.78 is 32.2. The maximum Gasteiger partial charge on any atom is 0.131 e. The van der Waals surface area contributed by atoms with E-state index in [1.54, 1.807) is 7.11 Å². The van der Waals surface area contributed by atoms with Crippen LogP contribution in [0.2, 0.25) is 0 Å². The Labute approximate surface area is 121 Å². The van der Waals surface area contributed by atoms with E-state index < -0.39 is 11.6 Å². The van der Waals surface area contributed by atoms with Gasteiger partial charge >= 0.3 is 0 Å². The Morgan fingerprint density at radius 3 is 2.70 bits per heavy atom. The lowest BCUT2D eigenvalue weighted by Crippen LogP contribution is -2.23. The van der Waals surface area contributed by atoms with Crippen LogP contribution in [0.5, 0.6) is 5.75 Å². The number of hydrogen-bond acceptors (Lipinski definition) is 3. The molecule has 0 saturated heterocycles. The minimum atomic E-state index is -0.566. The van der Waals surface area contributed by atoms with Crippen LogP contribution in [-0.4, -0.2) is 13.7 Å². The van der Waals surface area contributed by atoms with E-state index in [0.29, 0.717) is 5.56 Å². The molecule has 2 aromatic rings. The zero-order valence-electron chi connectivity index (χ0n) is 11.5. The molecule has 1 N–H and O–H groups in total. The van der Waals surface area contributed by atoms with Gasteiger partial charge in [0, 0.05) is 21.9 Å². The number of methoxy groups -OCH3 is 1. The Kier molecular flexibility index (Phi) is 5.09. The molecule has 0 amide bonds. The smallest absolute Gasteiger partial charge is 0.131 e. The van der Waals surface area contributed by atoms with Gasteiger partial charge in [0.1, 0.15) is 17.4 Å². The number of halogens is 2. The second kappa shape index (κ2) is 6.81. The normalized spacial score (nSPS) is 12.4. The molecule has 1 unspecified atom stereocenters. The quantitative estimate of drug-likeness (QED) is 0.866. The molecule has 1 heterocycles. The zero-order chi connectivity index (χ0) is 14.5. The van der Waals surface area contributed by atoms with E-state index in [-0.39, 0.29) is 6.04 Å². The third-order valence-corrected chi connectivity index (χ3v) is 3.96. The number of thiophene rings is 1. The van der Waals surface area contributed by atoms with Gasteiger partial charge < -0.3 is 10.1 Å². The lowest BCUT2D eigenvalue weighted by Gasteiger charge is -2.18. The molecule has 1 aromatic carbocycles. The lowest BCUT2D eigenvalue weighted by atomic mass is 10.0. The Morgan fingerprint density at radius 1 is 1.30 bits per heavy atom. The third-order valence-electron chi connectivity index (χ3n) is 2.99. The van der Waals surface area contributed by atoms with Crippen LogP contribution in [0, 0.1) is 11.6 Å². The lowest BCUT2D eigenvalue weighted by molar-refractivity contribution is 0.416. The highest BCUT2D eigenvalue weighted by Gasteiger charge is 2.19. The summed E-state index contributed by atoms with van der Waals surface area (Å²) in [5.41, 5.74) is 0.448. The summed E-state index contributed by atoms with van der Waals surface area (Å²) in [5, 5.41) is 5.16. The average molecular weight is 297 g/mol. The number of hydrogen-bond donors (Lipinski definition) is 1. The first kappa shape index (κ1) is 14.9. The van der Waals surface area contributed by atoms with Crippen LogP contribution in [0.1, 0.15) is 29.8 Å². The van der Waals surface area contributed by atoms with E-state index >= 15 is 0 Å². The molecule has 2 nitrogen and oxygen atoms in total. The van der Waals surface area contributed by atoms with E-state index in [0.717, 1.165) is 29.7 Å². The molecule has 2 rings (SSSR count). The highest BCUT2D eigenvalue weighted by atomic mass is 32.1. The Morgan fingerprint density at radius 2 is 2.10 bits per heavy atom. The van der Waals surface area contributed by atoms with E-state index in [2.05, 4.69) is 5.32 Å². The predicted octanol–water partition coefficient (Wildman–Crippen LogP) is 4.12. The minimum absolute atomic E-state index is 0.288. The standard InChI is InChI=1S/C15H17F2NOS/c1-3-6-18-15(14-8-11(19-2)9-20-14)12-5-4-10(16)7-13(12)17/h4-5,7-9,15,18H,3,6H2,1-2H3. The minimum Gasteiger partial charge on any atom is -0.496 e. The molecule has 1 atom stereocenters. The molecular weight excluding hydrogens is 280 g/mol.